The first-order valence-electron chi connectivity index (χ1n) is 8.05. The lowest BCUT2D eigenvalue weighted by molar-refractivity contribution is 0.486. The van der Waals surface area contributed by atoms with E-state index in [1.807, 2.05) is 0 Å². The molecule has 0 aliphatic rings. The van der Waals surface area contributed by atoms with E-state index in [0.29, 0.717) is 15.6 Å². The third-order valence-electron chi connectivity index (χ3n) is 3.78. The second-order valence-electron chi connectivity index (χ2n) is 5.74. The second kappa shape index (κ2) is 8.49. The van der Waals surface area contributed by atoms with Crippen LogP contribution in [0.25, 0.3) is 11.6 Å². The van der Waals surface area contributed by atoms with E-state index in [-0.39, 0.29) is 10.6 Å². The van der Waals surface area contributed by atoms with Crippen molar-refractivity contribution in [2.24, 2.45) is 0 Å². The van der Waals surface area contributed by atoms with Crippen molar-refractivity contribution in [3.63, 3.8) is 0 Å². The van der Waals surface area contributed by atoms with Gasteiger partial charge in [0.15, 0.2) is 0 Å². The molecule has 0 N–H and O–H groups in total. The van der Waals surface area contributed by atoms with Gasteiger partial charge in [0.2, 0.25) is 0 Å². The van der Waals surface area contributed by atoms with E-state index in [2.05, 4.69) is 6.07 Å². The van der Waals surface area contributed by atoms with E-state index in [4.69, 9.17) is 27.4 Å². The van der Waals surface area contributed by atoms with E-state index in [1.54, 1.807) is 42.5 Å². The highest BCUT2D eigenvalue weighted by Crippen LogP contribution is 2.23. The maximum Gasteiger partial charge on any atom is 0.339 e. The zero-order valence-electron chi connectivity index (χ0n) is 14.3. The summed E-state index contributed by atoms with van der Waals surface area (Å²) < 4.78 is 29.7. The van der Waals surface area contributed by atoms with Crippen molar-refractivity contribution in [1.29, 1.82) is 5.26 Å². The zero-order chi connectivity index (χ0) is 20.1. The van der Waals surface area contributed by atoms with Crippen LogP contribution in [0.4, 0.5) is 0 Å². The smallest absolute Gasteiger partial charge is 0.339 e. The standard InChI is InChI=1S/C21H13Cl2NO3S/c22-18-5-3-16(4-6-18)17(14-24)13-15-1-9-20(10-2-15)27-28(25,26)21-11-7-19(23)8-12-21/h1-13H/b17-13+. The van der Waals surface area contributed by atoms with Crippen molar-refractivity contribution in [3.8, 4) is 11.8 Å². The highest BCUT2D eigenvalue weighted by molar-refractivity contribution is 7.87. The topological polar surface area (TPSA) is 67.2 Å². The summed E-state index contributed by atoms with van der Waals surface area (Å²) in [7, 11) is -3.96. The highest BCUT2D eigenvalue weighted by atomic mass is 35.5. The molecular formula is C21H13Cl2NO3S. The van der Waals surface area contributed by atoms with Gasteiger partial charge < -0.3 is 4.18 Å². The Balaban J connectivity index is 1.80. The summed E-state index contributed by atoms with van der Waals surface area (Å²) in [5, 5.41) is 10.4. The lowest BCUT2D eigenvalue weighted by Gasteiger charge is -2.07. The van der Waals surface area contributed by atoms with Gasteiger partial charge >= 0.3 is 10.1 Å². The van der Waals surface area contributed by atoms with Crippen LogP contribution >= 0.6 is 23.2 Å². The van der Waals surface area contributed by atoms with Gasteiger partial charge in [-0.3, -0.25) is 0 Å². The second-order valence-corrected chi connectivity index (χ2v) is 8.16. The summed E-state index contributed by atoms with van der Waals surface area (Å²) in [4.78, 5) is 0.00961. The molecule has 28 heavy (non-hydrogen) atoms. The summed E-state index contributed by atoms with van der Waals surface area (Å²) in [6, 6.07) is 21.2. The van der Waals surface area contributed by atoms with E-state index < -0.39 is 10.1 Å². The number of rotatable bonds is 5. The number of hydrogen-bond donors (Lipinski definition) is 0. The molecule has 0 radical (unpaired) electrons. The summed E-state index contributed by atoms with van der Waals surface area (Å²) in [6.45, 7) is 0. The van der Waals surface area contributed by atoms with Gasteiger partial charge in [0.1, 0.15) is 10.6 Å². The number of nitriles is 1. The van der Waals surface area contributed by atoms with Gasteiger partial charge in [-0.15, -0.1) is 0 Å². The van der Waals surface area contributed by atoms with E-state index in [1.165, 1.54) is 36.4 Å². The van der Waals surface area contributed by atoms with Gasteiger partial charge in [0, 0.05) is 10.0 Å². The van der Waals surface area contributed by atoms with Crippen molar-refractivity contribution in [3.05, 3.63) is 94.0 Å². The molecule has 0 bridgehead atoms. The molecule has 0 amide bonds. The molecular weight excluding hydrogens is 417 g/mol. The van der Waals surface area contributed by atoms with Crippen LogP contribution in [-0.4, -0.2) is 8.42 Å². The molecule has 3 aromatic rings. The molecule has 0 atom stereocenters. The van der Waals surface area contributed by atoms with Crippen LogP contribution < -0.4 is 4.18 Å². The van der Waals surface area contributed by atoms with Crippen LogP contribution in [0.1, 0.15) is 11.1 Å². The first-order valence-corrected chi connectivity index (χ1v) is 10.2. The molecule has 0 unspecified atom stereocenters. The van der Waals surface area contributed by atoms with Crippen LogP contribution in [0.5, 0.6) is 5.75 Å². The van der Waals surface area contributed by atoms with Crippen LogP contribution in [0, 0.1) is 11.3 Å². The predicted molar refractivity (Wildman–Crippen MR) is 111 cm³/mol. The van der Waals surface area contributed by atoms with Crippen molar-refractivity contribution < 1.29 is 12.6 Å². The molecule has 4 nitrogen and oxygen atoms in total. The Morgan fingerprint density at radius 2 is 1.39 bits per heavy atom. The molecule has 0 saturated heterocycles. The highest BCUT2D eigenvalue weighted by Gasteiger charge is 2.16. The summed E-state index contributed by atoms with van der Waals surface area (Å²) in [5.41, 5.74) is 1.92. The SMILES string of the molecule is N#C/C(=C\c1ccc(OS(=O)(=O)c2ccc(Cl)cc2)cc1)c1ccc(Cl)cc1. The molecule has 0 aliphatic carbocycles. The summed E-state index contributed by atoms with van der Waals surface area (Å²) in [6.07, 6.45) is 1.70. The number of allylic oxidation sites excluding steroid dienone is 1. The fraction of sp³-hybridized carbons (Fsp3) is 0. The normalized spacial score (nSPS) is 11.7. The number of hydrogen-bond acceptors (Lipinski definition) is 4. The lowest BCUT2D eigenvalue weighted by Crippen LogP contribution is -2.09. The van der Waals surface area contributed by atoms with E-state index in [9.17, 15) is 13.7 Å². The van der Waals surface area contributed by atoms with Crippen LogP contribution in [0.3, 0.4) is 0 Å². The van der Waals surface area contributed by atoms with Crippen molar-refractivity contribution >= 4 is 45.0 Å². The van der Waals surface area contributed by atoms with Crippen LogP contribution in [-0.2, 0) is 10.1 Å². The molecule has 140 valence electrons. The molecule has 0 spiro atoms. The minimum atomic E-state index is -3.96. The number of halogens is 2. The fourth-order valence-corrected chi connectivity index (χ4v) is 3.55. The molecule has 7 heteroatoms. The molecule has 0 heterocycles. The minimum Gasteiger partial charge on any atom is -0.379 e. The maximum absolute atomic E-state index is 12.3. The Morgan fingerprint density at radius 1 is 0.857 bits per heavy atom. The van der Waals surface area contributed by atoms with Crippen molar-refractivity contribution in [2.75, 3.05) is 0 Å². The van der Waals surface area contributed by atoms with E-state index >= 15 is 0 Å². The molecule has 3 aromatic carbocycles. The average Bonchev–Trinajstić information content (AvgIpc) is 2.68. The molecule has 0 aliphatic heterocycles. The third kappa shape index (κ3) is 4.93. The summed E-state index contributed by atoms with van der Waals surface area (Å²) in [5.74, 6) is 0.164. The monoisotopic (exact) mass is 429 g/mol. The quantitative estimate of drug-likeness (QED) is 0.290. The molecule has 0 fully saturated rings. The first kappa shape index (κ1) is 20.0. The number of nitrogens with zero attached hydrogens (tertiary/aromatic N) is 1. The fourth-order valence-electron chi connectivity index (χ4n) is 2.37. The van der Waals surface area contributed by atoms with Gasteiger partial charge in [-0.2, -0.15) is 13.7 Å². The zero-order valence-corrected chi connectivity index (χ0v) is 16.7. The molecule has 3 rings (SSSR count). The van der Waals surface area contributed by atoms with Gasteiger partial charge in [-0.25, -0.2) is 0 Å². The van der Waals surface area contributed by atoms with E-state index in [0.717, 1.165) is 11.1 Å². The Bertz CT molecular complexity index is 1150. The summed E-state index contributed by atoms with van der Waals surface area (Å²) >= 11 is 11.6. The molecule has 0 aromatic heterocycles. The van der Waals surface area contributed by atoms with Gasteiger partial charge in [0.05, 0.1) is 11.6 Å². The lowest BCUT2D eigenvalue weighted by atomic mass is 10.0. The molecule has 0 saturated carbocycles. The maximum atomic E-state index is 12.3. The Kier molecular flexibility index (Phi) is 6.05. The van der Waals surface area contributed by atoms with Crippen molar-refractivity contribution in [2.45, 2.75) is 4.90 Å². The third-order valence-corrected chi connectivity index (χ3v) is 5.54. The average molecular weight is 430 g/mol. The largest absolute Gasteiger partial charge is 0.379 e. The Hall–Kier alpha value is -2.78. The Morgan fingerprint density at radius 3 is 1.93 bits per heavy atom. The van der Waals surface area contributed by atoms with Crippen molar-refractivity contribution in [1.82, 2.24) is 0 Å². The predicted octanol–water partition coefficient (Wildman–Crippen LogP) is 5.83. The van der Waals surface area contributed by atoms with Gasteiger partial charge in [-0.05, 0) is 65.7 Å². The van der Waals surface area contributed by atoms with Gasteiger partial charge in [0.25, 0.3) is 0 Å². The first-order chi connectivity index (χ1) is 13.4. The van der Waals surface area contributed by atoms with Gasteiger partial charge in [-0.1, -0.05) is 47.5 Å². The Labute approximate surface area is 173 Å². The minimum absolute atomic E-state index is 0.00961. The van der Waals surface area contributed by atoms with Crippen LogP contribution in [0.15, 0.2) is 77.7 Å². The van der Waals surface area contributed by atoms with Crippen LogP contribution in [0.2, 0.25) is 10.0 Å². The number of benzene rings is 3.